The van der Waals surface area contributed by atoms with Crippen LogP contribution in [0.3, 0.4) is 0 Å². The Kier molecular flexibility index (Phi) is 9.54. The van der Waals surface area contributed by atoms with Gasteiger partial charge in [-0.25, -0.2) is 0 Å². The largest absolute Gasteiger partial charge is 0.491 e. The van der Waals surface area contributed by atoms with Crippen LogP contribution >= 0.6 is 0 Å². The fraction of sp³-hybridized carbons (Fsp3) is 0.600. The van der Waals surface area contributed by atoms with Crippen LogP contribution in [-0.4, -0.2) is 104 Å². The van der Waals surface area contributed by atoms with Gasteiger partial charge in [0.2, 0.25) is 0 Å². The fourth-order valence-electron chi connectivity index (χ4n) is 5.36. The maximum absolute atomic E-state index is 10.8. The number of benzene rings is 2. The number of ether oxygens (including phenoxy) is 2. The summed E-state index contributed by atoms with van der Waals surface area (Å²) < 4.78 is 11.9. The van der Waals surface area contributed by atoms with E-state index in [4.69, 9.17) is 9.47 Å². The van der Waals surface area contributed by atoms with Crippen molar-refractivity contribution in [2.45, 2.75) is 88.6 Å². The number of β-amino-alcohol motifs (C(OH)–C–C–N with tert-alkyl or cyclic N) is 2. The molecule has 6 unspecified atom stereocenters. The van der Waals surface area contributed by atoms with E-state index in [1.165, 1.54) is 0 Å². The van der Waals surface area contributed by atoms with Crippen LogP contribution in [0.1, 0.15) is 43.0 Å². The molecule has 39 heavy (non-hydrogen) atoms. The Morgan fingerprint density at radius 3 is 1.46 bits per heavy atom. The summed E-state index contributed by atoms with van der Waals surface area (Å²) in [5.74, 6) is 1.19. The van der Waals surface area contributed by atoms with Crippen molar-refractivity contribution in [2.24, 2.45) is 0 Å². The summed E-state index contributed by atoms with van der Waals surface area (Å²) >= 11 is 0. The van der Waals surface area contributed by atoms with E-state index < -0.39 is 36.6 Å². The molecule has 0 radical (unpaired) electrons. The average molecular weight is 546 g/mol. The predicted molar refractivity (Wildman–Crippen MR) is 146 cm³/mol. The lowest BCUT2D eigenvalue weighted by Crippen LogP contribution is -2.50. The van der Waals surface area contributed by atoms with Crippen molar-refractivity contribution in [1.82, 2.24) is 4.90 Å². The van der Waals surface area contributed by atoms with Crippen LogP contribution < -0.4 is 9.47 Å². The summed E-state index contributed by atoms with van der Waals surface area (Å²) in [5, 5.41) is 61.8. The van der Waals surface area contributed by atoms with E-state index in [1.807, 2.05) is 49.9 Å². The molecule has 0 saturated carbocycles. The standard InChI is InChI=1S/C30H43NO8/c1-30(2,3)31(14-20(32)16-38-28-8-4-6-18-10-24(34)26(36)12-22(18)28)15-21(33)17-39-29-9-5-7-19-11-25(35)27(37)13-23(19)29/h4-9,20-21,24-27,32-37H,10-17H2,1-3H3. The minimum Gasteiger partial charge on any atom is -0.491 e. The monoisotopic (exact) mass is 545 g/mol. The van der Waals surface area contributed by atoms with Gasteiger partial charge < -0.3 is 40.1 Å². The molecule has 2 aliphatic rings. The van der Waals surface area contributed by atoms with Crippen molar-refractivity contribution in [3.8, 4) is 11.5 Å². The van der Waals surface area contributed by atoms with Crippen LogP contribution in [0.2, 0.25) is 0 Å². The smallest absolute Gasteiger partial charge is 0.123 e. The summed E-state index contributed by atoms with van der Waals surface area (Å²) in [5.41, 5.74) is 3.23. The molecule has 9 nitrogen and oxygen atoms in total. The van der Waals surface area contributed by atoms with Gasteiger partial charge >= 0.3 is 0 Å². The molecule has 0 fully saturated rings. The molecule has 0 saturated heterocycles. The van der Waals surface area contributed by atoms with Gasteiger partial charge in [-0.15, -0.1) is 0 Å². The Balaban J connectivity index is 1.32. The molecule has 0 heterocycles. The Morgan fingerprint density at radius 2 is 1.08 bits per heavy atom. The minimum absolute atomic E-state index is 0.0403. The maximum atomic E-state index is 10.8. The van der Waals surface area contributed by atoms with E-state index in [0.717, 1.165) is 22.3 Å². The molecule has 4 rings (SSSR count). The van der Waals surface area contributed by atoms with Crippen molar-refractivity contribution in [1.29, 1.82) is 0 Å². The zero-order valence-corrected chi connectivity index (χ0v) is 23.0. The third-order valence-electron chi connectivity index (χ3n) is 7.71. The van der Waals surface area contributed by atoms with E-state index in [9.17, 15) is 30.6 Å². The van der Waals surface area contributed by atoms with Gasteiger partial charge in [-0.05, 0) is 44.0 Å². The highest BCUT2D eigenvalue weighted by molar-refractivity contribution is 5.44. The highest BCUT2D eigenvalue weighted by Crippen LogP contribution is 2.31. The van der Waals surface area contributed by atoms with Crippen LogP contribution in [-0.2, 0) is 25.7 Å². The molecular weight excluding hydrogens is 502 g/mol. The van der Waals surface area contributed by atoms with Crippen molar-refractivity contribution in [3.63, 3.8) is 0 Å². The van der Waals surface area contributed by atoms with E-state index >= 15 is 0 Å². The number of aliphatic hydroxyl groups excluding tert-OH is 6. The molecule has 0 spiro atoms. The molecule has 0 aromatic heterocycles. The second-order valence-corrected chi connectivity index (χ2v) is 11.9. The van der Waals surface area contributed by atoms with Gasteiger partial charge in [0.15, 0.2) is 0 Å². The number of hydrogen-bond donors (Lipinski definition) is 6. The summed E-state index contributed by atoms with van der Waals surface area (Å²) in [4.78, 5) is 1.98. The molecule has 6 N–H and O–H groups in total. The molecule has 0 aliphatic heterocycles. The topological polar surface area (TPSA) is 143 Å². The van der Waals surface area contributed by atoms with Crippen LogP contribution in [0.25, 0.3) is 0 Å². The van der Waals surface area contributed by atoms with E-state index in [1.54, 1.807) is 12.1 Å². The van der Waals surface area contributed by atoms with Crippen LogP contribution in [0.4, 0.5) is 0 Å². The van der Waals surface area contributed by atoms with Gasteiger partial charge in [-0.1, -0.05) is 24.3 Å². The number of fused-ring (bicyclic) bond motifs is 2. The quantitative estimate of drug-likeness (QED) is 0.253. The van der Waals surface area contributed by atoms with Gasteiger partial charge in [0.25, 0.3) is 0 Å². The number of nitrogens with zero attached hydrogens (tertiary/aromatic N) is 1. The summed E-state index contributed by atoms with van der Waals surface area (Å²) in [7, 11) is 0. The first-order valence-corrected chi connectivity index (χ1v) is 13.7. The Bertz CT molecular complexity index is 1020. The zero-order chi connectivity index (χ0) is 28.3. The van der Waals surface area contributed by atoms with Crippen molar-refractivity contribution < 1.29 is 40.1 Å². The second-order valence-electron chi connectivity index (χ2n) is 11.9. The van der Waals surface area contributed by atoms with Gasteiger partial charge in [0.05, 0.1) is 24.4 Å². The van der Waals surface area contributed by atoms with E-state index in [0.29, 0.717) is 37.2 Å². The molecule has 2 aromatic carbocycles. The third kappa shape index (κ3) is 7.49. The summed E-state index contributed by atoms with van der Waals surface area (Å²) in [6, 6.07) is 11.1. The number of rotatable bonds is 10. The fourth-order valence-corrected chi connectivity index (χ4v) is 5.36. The molecule has 0 amide bonds. The van der Waals surface area contributed by atoms with Gasteiger partial charge in [-0.3, -0.25) is 4.90 Å². The molecule has 6 atom stereocenters. The highest BCUT2D eigenvalue weighted by Gasteiger charge is 2.30. The first-order valence-electron chi connectivity index (χ1n) is 13.7. The second kappa shape index (κ2) is 12.5. The minimum atomic E-state index is -0.842. The lowest BCUT2D eigenvalue weighted by atomic mass is 9.87. The average Bonchev–Trinajstić information content (AvgIpc) is 2.87. The lowest BCUT2D eigenvalue weighted by molar-refractivity contribution is -0.00582. The first kappa shape index (κ1) is 29.7. The number of aliphatic hydroxyl groups is 6. The van der Waals surface area contributed by atoms with E-state index in [2.05, 4.69) is 0 Å². The van der Waals surface area contributed by atoms with Crippen molar-refractivity contribution in [2.75, 3.05) is 26.3 Å². The normalized spacial score (nSPS) is 24.6. The Labute approximate surface area is 230 Å². The summed E-state index contributed by atoms with van der Waals surface area (Å²) in [6.07, 6.45) is -3.61. The van der Waals surface area contributed by atoms with E-state index in [-0.39, 0.29) is 31.8 Å². The van der Waals surface area contributed by atoms with Crippen molar-refractivity contribution >= 4 is 0 Å². The maximum Gasteiger partial charge on any atom is 0.123 e. The molecule has 2 aromatic rings. The molecule has 9 heteroatoms. The van der Waals surface area contributed by atoms with Gasteiger partial charge in [0, 0.05) is 55.4 Å². The molecule has 0 bridgehead atoms. The SMILES string of the molecule is CC(C)(C)N(CC(O)COc1cccc2c1CC(O)C(O)C2)CC(O)COc1cccc2c1CC(O)C(O)C2. The van der Waals surface area contributed by atoms with Crippen LogP contribution in [0.15, 0.2) is 36.4 Å². The van der Waals surface area contributed by atoms with Gasteiger partial charge in [-0.2, -0.15) is 0 Å². The Morgan fingerprint density at radius 1 is 0.692 bits per heavy atom. The molecule has 2 aliphatic carbocycles. The first-order chi connectivity index (χ1) is 18.4. The third-order valence-corrected chi connectivity index (χ3v) is 7.71. The zero-order valence-electron chi connectivity index (χ0n) is 23.0. The molecular formula is C30H43NO8. The summed E-state index contributed by atoms with van der Waals surface area (Å²) in [6.45, 7) is 6.64. The van der Waals surface area contributed by atoms with Crippen LogP contribution in [0.5, 0.6) is 11.5 Å². The molecule has 216 valence electrons. The van der Waals surface area contributed by atoms with Crippen molar-refractivity contribution in [3.05, 3.63) is 58.7 Å². The predicted octanol–water partition coefficient (Wildman–Crippen LogP) is 0.607. The lowest BCUT2D eigenvalue weighted by Gasteiger charge is -2.38. The van der Waals surface area contributed by atoms with Gasteiger partial charge in [0.1, 0.15) is 36.9 Å². The van der Waals surface area contributed by atoms with Crippen LogP contribution in [0, 0.1) is 0 Å². The Hall–Kier alpha value is -2.24. The highest BCUT2D eigenvalue weighted by atomic mass is 16.5. The number of hydrogen-bond acceptors (Lipinski definition) is 9.